The van der Waals surface area contributed by atoms with Gasteiger partial charge in [-0.2, -0.15) is 5.26 Å². The number of aromatic nitrogens is 1. The summed E-state index contributed by atoms with van der Waals surface area (Å²) >= 11 is 1.74. The van der Waals surface area contributed by atoms with Crippen molar-refractivity contribution in [2.45, 2.75) is 13.1 Å². The molecule has 0 unspecified atom stereocenters. The number of para-hydroxylation sites is 1. The van der Waals surface area contributed by atoms with Crippen LogP contribution in [0.25, 0.3) is 10.2 Å². The van der Waals surface area contributed by atoms with Crippen LogP contribution < -0.4 is 0 Å². The molecular formula is C17H15N3S. The second-order valence-electron chi connectivity index (χ2n) is 5.06. The maximum atomic E-state index is 8.94. The van der Waals surface area contributed by atoms with Gasteiger partial charge in [0.25, 0.3) is 0 Å². The van der Waals surface area contributed by atoms with Gasteiger partial charge in [-0.05, 0) is 36.9 Å². The van der Waals surface area contributed by atoms with Gasteiger partial charge in [0.05, 0.1) is 28.4 Å². The van der Waals surface area contributed by atoms with E-state index in [9.17, 15) is 0 Å². The Morgan fingerprint density at radius 1 is 1.14 bits per heavy atom. The summed E-state index contributed by atoms with van der Waals surface area (Å²) in [5, 5.41) is 10.1. The molecule has 21 heavy (non-hydrogen) atoms. The second kappa shape index (κ2) is 6.04. The molecule has 0 amide bonds. The number of fused-ring (bicyclic) bond motifs is 1. The van der Waals surface area contributed by atoms with Crippen molar-refractivity contribution in [3.8, 4) is 6.07 Å². The van der Waals surface area contributed by atoms with Crippen LogP contribution in [0.15, 0.2) is 48.5 Å². The van der Waals surface area contributed by atoms with E-state index >= 15 is 0 Å². The number of benzene rings is 2. The van der Waals surface area contributed by atoms with Crippen molar-refractivity contribution in [3.63, 3.8) is 0 Å². The first-order chi connectivity index (χ1) is 10.2. The largest absolute Gasteiger partial charge is 0.295 e. The number of hydrogen-bond acceptors (Lipinski definition) is 4. The first-order valence-electron chi connectivity index (χ1n) is 6.76. The van der Waals surface area contributed by atoms with E-state index in [4.69, 9.17) is 5.26 Å². The SMILES string of the molecule is CN(Cc1cccc(C#N)c1)Cc1nc2ccccc2s1. The molecule has 104 valence electrons. The third-order valence-corrected chi connectivity index (χ3v) is 4.27. The molecule has 2 aromatic carbocycles. The number of hydrogen-bond donors (Lipinski definition) is 0. The van der Waals surface area contributed by atoms with Crippen LogP contribution in [0.4, 0.5) is 0 Å². The van der Waals surface area contributed by atoms with Gasteiger partial charge in [0, 0.05) is 6.54 Å². The van der Waals surface area contributed by atoms with Crippen LogP contribution in [0, 0.1) is 11.3 Å². The van der Waals surface area contributed by atoms with E-state index in [-0.39, 0.29) is 0 Å². The maximum absolute atomic E-state index is 8.94. The molecule has 0 aliphatic rings. The Bertz CT molecular complexity index is 768. The van der Waals surface area contributed by atoms with E-state index in [1.807, 2.05) is 36.4 Å². The molecule has 0 bridgehead atoms. The standard InChI is InChI=1S/C17H15N3S/c1-20(11-14-6-4-5-13(9-14)10-18)12-17-19-15-7-2-3-8-16(15)21-17/h2-9H,11-12H2,1H3. The zero-order valence-corrected chi connectivity index (χ0v) is 12.6. The number of rotatable bonds is 4. The monoisotopic (exact) mass is 293 g/mol. The number of nitrogens with zero attached hydrogens (tertiary/aromatic N) is 3. The molecule has 3 nitrogen and oxygen atoms in total. The minimum absolute atomic E-state index is 0.709. The van der Waals surface area contributed by atoms with E-state index in [0.717, 1.165) is 29.2 Å². The Labute approximate surface area is 128 Å². The molecule has 0 saturated carbocycles. The van der Waals surface area contributed by atoms with Gasteiger partial charge in [-0.1, -0.05) is 24.3 Å². The Morgan fingerprint density at radius 3 is 2.81 bits per heavy atom. The fourth-order valence-corrected chi connectivity index (χ4v) is 3.37. The Morgan fingerprint density at radius 2 is 2.00 bits per heavy atom. The van der Waals surface area contributed by atoms with Gasteiger partial charge in [0.15, 0.2) is 0 Å². The van der Waals surface area contributed by atoms with Crippen molar-refractivity contribution in [2.75, 3.05) is 7.05 Å². The van der Waals surface area contributed by atoms with Crippen LogP contribution in [0.3, 0.4) is 0 Å². The molecule has 0 saturated heterocycles. The quantitative estimate of drug-likeness (QED) is 0.734. The van der Waals surface area contributed by atoms with Crippen LogP contribution >= 0.6 is 11.3 Å². The molecule has 0 aliphatic carbocycles. The van der Waals surface area contributed by atoms with Crippen molar-refractivity contribution < 1.29 is 0 Å². The van der Waals surface area contributed by atoms with Crippen molar-refractivity contribution in [2.24, 2.45) is 0 Å². The van der Waals surface area contributed by atoms with Gasteiger partial charge in [-0.25, -0.2) is 4.98 Å². The highest BCUT2D eigenvalue weighted by molar-refractivity contribution is 7.18. The lowest BCUT2D eigenvalue weighted by atomic mass is 10.1. The predicted octanol–water partition coefficient (Wildman–Crippen LogP) is 3.80. The first kappa shape index (κ1) is 13.7. The first-order valence-corrected chi connectivity index (χ1v) is 7.58. The molecule has 1 aromatic heterocycles. The van der Waals surface area contributed by atoms with Crippen LogP contribution in [-0.2, 0) is 13.1 Å². The topological polar surface area (TPSA) is 39.9 Å². The Kier molecular flexibility index (Phi) is 3.96. The molecule has 0 radical (unpaired) electrons. The van der Waals surface area contributed by atoms with E-state index in [0.29, 0.717) is 5.56 Å². The normalized spacial score (nSPS) is 10.9. The highest BCUT2D eigenvalue weighted by Crippen LogP contribution is 2.22. The van der Waals surface area contributed by atoms with Gasteiger partial charge < -0.3 is 0 Å². The molecule has 0 atom stereocenters. The third kappa shape index (κ3) is 3.27. The minimum Gasteiger partial charge on any atom is -0.295 e. The lowest BCUT2D eigenvalue weighted by Gasteiger charge is -2.15. The lowest BCUT2D eigenvalue weighted by molar-refractivity contribution is 0.319. The fourth-order valence-electron chi connectivity index (χ4n) is 2.33. The highest BCUT2D eigenvalue weighted by atomic mass is 32.1. The summed E-state index contributed by atoms with van der Waals surface area (Å²) in [5.41, 5.74) is 2.93. The summed E-state index contributed by atoms with van der Waals surface area (Å²) < 4.78 is 1.23. The van der Waals surface area contributed by atoms with Crippen molar-refractivity contribution in [1.29, 1.82) is 5.26 Å². The van der Waals surface area contributed by atoms with E-state index < -0.39 is 0 Å². The Balaban J connectivity index is 1.71. The second-order valence-corrected chi connectivity index (χ2v) is 6.17. The molecule has 3 aromatic rings. The summed E-state index contributed by atoms with van der Waals surface area (Å²) in [6, 6.07) is 18.1. The molecule has 0 spiro atoms. The molecule has 0 N–H and O–H groups in total. The molecule has 4 heteroatoms. The zero-order chi connectivity index (χ0) is 14.7. The van der Waals surface area contributed by atoms with Gasteiger partial charge in [-0.3, -0.25) is 4.90 Å². The van der Waals surface area contributed by atoms with Crippen LogP contribution in [0.2, 0.25) is 0 Å². The van der Waals surface area contributed by atoms with E-state index in [1.54, 1.807) is 11.3 Å². The molecule has 3 rings (SSSR count). The zero-order valence-electron chi connectivity index (χ0n) is 11.8. The minimum atomic E-state index is 0.709. The summed E-state index contributed by atoms with van der Waals surface area (Å²) in [7, 11) is 2.07. The van der Waals surface area contributed by atoms with Gasteiger partial charge in [-0.15, -0.1) is 11.3 Å². The molecular weight excluding hydrogens is 278 g/mol. The average Bonchev–Trinajstić information content (AvgIpc) is 2.89. The van der Waals surface area contributed by atoms with Crippen molar-refractivity contribution in [3.05, 3.63) is 64.7 Å². The summed E-state index contributed by atoms with van der Waals surface area (Å²) in [6.45, 7) is 1.63. The van der Waals surface area contributed by atoms with Gasteiger partial charge in [0.2, 0.25) is 0 Å². The average molecular weight is 293 g/mol. The predicted molar refractivity (Wildman–Crippen MR) is 85.9 cm³/mol. The Hall–Kier alpha value is -2.22. The van der Waals surface area contributed by atoms with E-state index in [2.05, 4.69) is 35.1 Å². The summed E-state index contributed by atoms with van der Waals surface area (Å²) in [6.07, 6.45) is 0. The number of nitriles is 1. The van der Waals surface area contributed by atoms with Crippen molar-refractivity contribution in [1.82, 2.24) is 9.88 Å². The fraction of sp³-hybridized carbons (Fsp3) is 0.176. The highest BCUT2D eigenvalue weighted by Gasteiger charge is 2.07. The van der Waals surface area contributed by atoms with Crippen LogP contribution in [0.1, 0.15) is 16.1 Å². The van der Waals surface area contributed by atoms with Crippen LogP contribution in [0.5, 0.6) is 0 Å². The number of thiazole rings is 1. The van der Waals surface area contributed by atoms with E-state index in [1.165, 1.54) is 4.70 Å². The van der Waals surface area contributed by atoms with Gasteiger partial charge in [0.1, 0.15) is 5.01 Å². The van der Waals surface area contributed by atoms with Crippen molar-refractivity contribution >= 4 is 21.6 Å². The summed E-state index contributed by atoms with van der Waals surface area (Å²) in [5.74, 6) is 0. The maximum Gasteiger partial charge on any atom is 0.108 e. The van der Waals surface area contributed by atoms with Gasteiger partial charge >= 0.3 is 0 Å². The molecule has 0 fully saturated rings. The third-order valence-electron chi connectivity index (χ3n) is 3.25. The molecule has 0 aliphatic heterocycles. The smallest absolute Gasteiger partial charge is 0.108 e. The van der Waals surface area contributed by atoms with Crippen LogP contribution in [-0.4, -0.2) is 16.9 Å². The lowest BCUT2D eigenvalue weighted by Crippen LogP contribution is -2.17. The molecule has 1 heterocycles. The summed E-state index contributed by atoms with van der Waals surface area (Å²) in [4.78, 5) is 6.87.